The highest BCUT2D eigenvalue weighted by molar-refractivity contribution is 9.13. The molecule has 2 N–H and O–H groups in total. The molecule has 0 atom stereocenters. The quantitative estimate of drug-likeness (QED) is 0.538. The van der Waals surface area contributed by atoms with Gasteiger partial charge in [0, 0.05) is 10.0 Å². The van der Waals surface area contributed by atoms with Crippen LogP contribution in [0.5, 0.6) is 11.5 Å². The van der Waals surface area contributed by atoms with Gasteiger partial charge in [-0.25, -0.2) is 5.43 Å². The summed E-state index contributed by atoms with van der Waals surface area (Å²) in [4.78, 5) is 11.9. The van der Waals surface area contributed by atoms with Crippen molar-refractivity contribution in [1.82, 2.24) is 5.43 Å². The van der Waals surface area contributed by atoms with Crippen molar-refractivity contribution in [2.75, 3.05) is 6.61 Å². The van der Waals surface area contributed by atoms with Crippen LogP contribution in [0.1, 0.15) is 28.6 Å². The van der Waals surface area contributed by atoms with Gasteiger partial charge in [-0.05, 0) is 57.8 Å². The molecule has 1 amide bonds. The van der Waals surface area contributed by atoms with Crippen molar-refractivity contribution in [2.45, 2.75) is 13.8 Å². The van der Waals surface area contributed by atoms with Crippen LogP contribution in [-0.4, -0.2) is 23.8 Å². The highest BCUT2D eigenvalue weighted by Crippen LogP contribution is 2.41. The first-order valence-corrected chi connectivity index (χ1v) is 8.25. The first kappa shape index (κ1) is 17.6. The van der Waals surface area contributed by atoms with Gasteiger partial charge in [-0.2, -0.15) is 5.10 Å². The van der Waals surface area contributed by atoms with E-state index in [1.807, 2.05) is 6.92 Å². The van der Waals surface area contributed by atoms with Gasteiger partial charge in [0.05, 0.1) is 29.1 Å². The van der Waals surface area contributed by atoms with Gasteiger partial charge in [-0.1, -0.05) is 0 Å². The number of benzene rings is 1. The molecule has 1 aromatic heterocycles. The second kappa shape index (κ2) is 7.65. The van der Waals surface area contributed by atoms with Crippen molar-refractivity contribution < 1.29 is 19.1 Å². The Labute approximate surface area is 149 Å². The van der Waals surface area contributed by atoms with Crippen LogP contribution in [0.4, 0.5) is 0 Å². The van der Waals surface area contributed by atoms with E-state index in [2.05, 4.69) is 42.4 Å². The molecule has 0 aliphatic carbocycles. The molecule has 1 heterocycles. The molecular weight excluding hydrogens is 432 g/mol. The van der Waals surface area contributed by atoms with Gasteiger partial charge in [0.2, 0.25) is 0 Å². The number of amides is 1. The largest absolute Gasteiger partial charge is 0.503 e. The zero-order chi connectivity index (χ0) is 17.0. The molecule has 0 spiro atoms. The van der Waals surface area contributed by atoms with Gasteiger partial charge in [-0.3, -0.25) is 4.79 Å². The fraction of sp³-hybridized carbons (Fsp3) is 0.200. The Balaban J connectivity index is 2.19. The van der Waals surface area contributed by atoms with Crippen LogP contribution in [0.25, 0.3) is 0 Å². The number of halogens is 2. The lowest BCUT2D eigenvalue weighted by molar-refractivity contribution is 0.0953. The normalized spacial score (nSPS) is 11.0. The maximum Gasteiger partial charge on any atom is 0.274 e. The molecule has 2 rings (SSSR count). The summed E-state index contributed by atoms with van der Waals surface area (Å²) in [5, 5.41) is 13.9. The first-order chi connectivity index (χ1) is 11.0. The molecule has 2 aromatic rings. The number of hydrazone groups is 1. The number of ether oxygens (including phenoxy) is 1. The molecular formula is C15H14Br2N2O4. The molecule has 23 heavy (non-hydrogen) atoms. The molecule has 1 aromatic carbocycles. The highest BCUT2D eigenvalue weighted by atomic mass is 79.9. The minimum atomic E-state index is -0.369. The minimum absolute atomic E-state index is 0.00562. The lowest BCUT2D eigenvalue weighted by Gasteiger charge is -2.10. The van der Waals surface area contributed by atoms with Crippen LogP contribution >= 0.6 is 31.9 Å². The Morgan fingerprint density at radius 3 is 2.83 bits per heavy atom. The van der Waals surface area contributed by atoms with Crippen molar-refractivity contribution in [2.24, 2.45) is 5.10 Å². The molecule has 0 fully saturated rings. The molecule has 0 bridgehead atoms. The van der Waals surface area contributed by atoms with Gasteiger partial charge in [-0.15, -0.1) is 0 Å². The number of nitrogens with zero attached hydrogens (tertiary/aromatic N) is 1. The minimum Gasteiger partial charge on any atom is -0.503 e. The number of phenols is 1. The average molecular weight is 446 g/mol. The van der Waals surface area contributed by atoms with E-state index in [-0.39, 0.29) is 11.7 Å². The Morgan fingerprint density at radius 1 is 1.48 bits per heavy atom. The number of carbonyl (C=O) groups excluding carboxylic acids is 1. The number of rotatable bonds is 5. The van der Waals surface area contributed by atoms with Gasteiger partial charge >= 0.3 is 0 Å². The van der Waals surface area contributed by atoms with E-state index in [0.29, 0.717) is 38.2 Å². The second-order valence-electron chi connectivity index (χ2n) is 4.46. The third-order valence-corrected chi connectivity index (χ3v) is 5.11. The molecule has 122 valence electrons. The number of hydrogen-bond acceptors (Lipinski definition) is 5. The van der Waals surface area contributed by atoms with Gasteiger partial charge < -0.3 is 14.3 Å². The number of nitrogens with one attached hydrogen (secondary N) is 1. The number of hydrogen-bond donors (Lipinski definition) is 2. The Hall–Kier alpha value is -1.80. The predicted octanol–water partition coefficient (Wildman–Crippen LogP) is 3.98. The van der Waals surface area contributed by atoms with Crippen LogP contribution in [0.2, 0.25) is 0 Å². The van der Waals surface area contributed by atoms with Crippen molar-refractivity contribution in [1.29, 1.82) is 0 Å². The Kier molecular flexibility index (Phi) is 5.84. The van der Waals surface area contributed by atoms with Crippen molar-refractivity contribution in [3.8, 4) is 11.5 Å². The molecule has 0 radical (unpaired) electrons. The van der Waals surface area contributed by atoms with Crippen LogP contribution in [0.15, 0.2) is 36.9 Å². The molecule has 0 saturated heterocycles. The maximum absolute atomic E-state index is 11.9. The maximum atomic E-state index is 11.9. The van der Waals surface area contributed by atoms with Gasteiger partial charge in [0.15, 0.2) is 11.5 Å². The van der Waals surface area contributed by atoms with E-state index in [0.717, 1.165) is 0 Å². The highest BCUT2D eigenvalue weighted by Gasteiger charge is 2.14. The Morgan fingerprint density at radius 2 is 2.22 bits per heavy atom. The van der Waals surface area contributed by atoms with E-state index < -0.39 is 0 Å². The summed E-state index contributed by atoms with van der Waals surface area (Å²) in [6.07, 6.45) is 2.89. The van der Waals surface area contributed by atoms with Crippen LogP contribution in [0.3, 0.4) is 0 Å². The number of aromatic hydroxyl groups is 1. The number of carbonyl (C=O) groups is 1. The molecule has 0 unspecified atom stereocenters. The fourth-order valence-corrected chi connectivity index (χ4v) is 2.64. The van der Waals surface area contributed by atoms with Crippen molar-refractivity contribution in [3.05, 3.63) is 44.2 Å². The van der Waals surface area contributed by atoms with E-state index >= 15 is 0 Å². The van der Waals surface area contributed by atoms with Gasteiger partial charge in [0.1, 0.15) is 5.76 Å². The van der Waals surface area contributed by atoms with Crippen molar-refractivity contribution >= 4 is 44.0 Å². The second-order valence-corrected chi connectivity index (χ2v) is 6.05. The van der Waals surface area contributed by atoms with Crippen LogP contribution in [-0.2, 0) is 0 Å². The Bertz CT molecular complexity index is 756. The monoisotopic (exact) mass is 444 g/mol. The SMILES string of the molecule is CCOc1cc(/C=N/NC(=O)c2ccoc2C)c(Br)c(Br)c1O. The summed E-state index contributed by atoms with van der Waals surface area (Å²) in [5.74, 6) is 0.464. The van der Waals surface area contributed by atoms with Gasteiger partial charge in [0.25, 0.3) is 5.91 Å². The summed E-state index contributed by atoms with van der Waals surface area (Å²) in [6.45, 7) is 3.92. The summed E-state index contributed by atoms with van der Waals surface area (Å²) in [5.41, 5.74) is 3.46. The lowest BCUT2D eigenvalue weighted by Crippen LogP contribution is -2.17. The molecule has 0 aliphatic heterocycles. The predicted molar refractivity (Wildman–Crippen MR) is 93.2 cm³/mol. The van der Waals surface area contributed by atoms with Crippen molar-refractivity contribution in [3.63, 3.8) is 0 Å². The molecule has 0 aliphatic rings. The third kappa shape index (κ3) is 3.94. The summed E-state index contributed by atoms with van der Waals surface area (Å²) >= 11 is 6.63. The zero-order valence-electron chi connectivity index (χ0n) is 12.4. The standard InChI is InChI=1S/C15H14Br2N2O4/c1-3-22-11-6-9(12(16)13(17)14(11)20)7-18-19-15(21)10-4-5-23-8(10)2/h4-7,20H,3H2,1-2H3,(H,19,21)/b18-7+. The lowest BCUT2D eigenvalue weighted by atomic mass is 10.2. The number of aryl methyl sites for hydroxylation is 1. The molecule has 8 heteroatoms. The topological polar surface area (TPSA) is 84.1 Å². The van der Waals surface area contributed by atoms with E-state index in [1.54, 1.807) is 19.1 Å². The average Bonchev–Trinajstić information content (AvgIpc) is 2.95. The van der Waals surface area contributed by atoms with E-state index in [9.17, 15) is 9.90 Å². The number of phenolic OH excluding ortho intramolecular Hbond substituents is 1. The molecule has 6 nitrogen and oxygen atoms in total. The summed E-state index contributed by atoms with van der Waals surface area (Å²) < 4.78 is 11.5. The summed E-state index contributed by atoms with van der Waals surface area (Å²) in [7, 11) is 0. The van der Waals surface area contributed by atoms with E-state index in [1.165, 1.54) is 12.5 Å². The third-order valence-electron chi connectivity index (χ3n) is 2.95. The first-order valence-electron chi connectivity index (χ1n) is 6.67. The summed E-state index contributed by atoms with van der Waals surface area (Å²) in [6, 6.07) is 3.19. The van der Waals surface area contributed by atoms with E-state index in [4.69, 9.17) is 9.15 Å². The van der Waals surface area contributed by atoms with Crippen LogP contribution < -0.4 is 10.2 Å². The number of furan rings is 1. The zero-order valence-corrected chi connectivity index (χ0v) is 15.6. The smallest absolute Gasteiger partial charge is 0.274 e. The molecule has 0 saturated carbocycles. The fourth-order valence-electron chi connectivity index (χ4n) is 1.81. The van der Waals surface area contributed by atoms with Crippen LogP contribution in [0, 0.1) is 6.92 Å².